The van der Waals surface area contributed by atoms with Crippen LogP contribution in [0.5, 0.6) is 5.75 Å². The van der Waals surface area contributed by atoms with E-state index in [2.05, 4.69) is 5.32 Å². The Labute approximate surface area is 155 Å². The molecule has 140 valence electrons. The van der Waals surface area contributed by atoms with Crippen LogP contribution in [0.2, 0.25) is 0 Å². The van der Waals surface area contributed by atoms with Gasteiger partial charge < -0.3 is 20.5 Å². The van der Waals surface area contributed by atoms with Crippen LogP contribution < -0.4 is 15.8 Å². The van der Waals surface area contributed by atoms with Crippen molar-refractivity contribution in [3.8, 4) is 5.75 Å². The Balaban J connectivity index is 2.16. The number of alkyl carbamates (subject to hydrolysis) is 1. The Morgan fingerprint density at radius 2 is 1.88 bits per heavy atom. The summed E-state index contributed by atoms with van der Waals surface area (Å²) in [7, 11) is 1.64. The smallest absolute Gasteiger partial charge is 0.407 e. The van der Waals surface area contributed by atoms with Gasteiger partial charge in [-0.05, 0) is 62.6 Å². The number of methoxy groups -OCH3 is 1. The van der Waals surface area contributed by atoms with Gasteiger partial charge in [0.1, 0.15) is 11.4 Å². The Kier molecular flexibility index (Phi) is 6.50. The maximum absolute atomic E-state index is 12.0. The molecule has 0 heterocycles. The summed E-state index contributed by atoms with van der Waals surface area (Å²) < 4.78 is 10.7. The molecule has 1 amide bonds. The zero-order valence-corrected chi connectivity index (χ0v) is 15.9. The van der Waals surface area contributed by atoms with Gasteiger partial charge in [-0.25, -0.2) is 4.79 Å². The second-order valence-electron chi connectivity index (χ2n) is 7.31. The van der Waals surface area contributed by atoms with Gasteiger partial charge in [-0.3, -0.25) is 0 Å². The van der Waals surface area contributed by atoms with Crippen molar-refractivity contribution in [2.75, 3.05) is 19.4 Å². The van der Waals surface area contributed by atoms with Crippen LogP contribution in [0, 0.1) is 0 Å². The number of benzene rings is 2. The predicted molar refractivity (Wildman–Crippen MR) is 105 cm³/mol. The van der Waals surface area contributed by atoms with E-state index in [-0.39, 0.29) is 5.92 Å². The van der Waals surface area contributed by atoms with Crippen molar-refractivity contribution in [1.29, 1.82) is 0 Å². The van der Waals surface area contributed by atoms with Crippen LogP contribution >= 0.6 is 0 Å². The Hall–Kier alpha value is -2.69. The van der Waals surface area contributed by atoms with Crippen LogP contribution in [-0.2, 0) is 11.2 Å². The van der Waals surface area contributed by atoms with E-state index in [1.54, 1.807) is 7.11 Å². The van der Waals surface area contributed by atoms with Crippen molar-refractivity contribution in [3.05, 3.63) is 59.7 Å². The van der Waals surface area contributed by atoms with Gasteiger partial charge in [-0.2, -0.15) is 0 Å². The minimum Gasteiger partial charge on any atom is -0.497 e. The van der Waals surface area contributed by atoms with Crippen molar-refractivity contribution in [1.82, 2.24) is 5.32 Å². The van der Waals surface area contributed by atoms with Crippen molar-refractivity contribution in [2.24, 2.45) is 0 Å². The van der Waals surface area contributed by atoms with Crippen molar-refractivity contribution < 1.29 is 14.3 Å². The lowest BCUT2D eigenvalue weighted by Gasteiger charge is -2.22. The summed E-state index contributed by atoms with van der Waals surface area (Å²) in [6.07, 6.45) is 0.326. The number of nitrogens with one attached hydrogen (secondary N) is 1. The van der Waals surface area contributed by atoms with Gasteiger partial charge in [-0.15, -0.1) is 0 Å². The highest BCUT2D eigenvalue weighted by atomic mass is 16.6. The van der Waals surface area contributed by atoms with E-state index in [0.717, 1.165) is 29.0 Å². The van der Waals surface area contributed by atoms with Crippen LogP contribution in [0.4, 0.5) is 10.5 Å². The molecule has 3 N–H and O–H groups in total. The zero-order chi connectivity index (χ0) is 19.2. The largest absolute Gasteiger partial charge is 0.497 e. The molecule has 1 atom stereocenters. The van der Waals surface area contributed by atoms with Gasteiger partial charge in [0.05, 0.1) is 7.11 Å². The SMILES string of the molecule is COc1cccc(C(CNC(=O)OC(C)(C)C)Cc2cccc(N)c2)c1. The molecule has 0 fully saturated rings. The molecule has 2 aromatic rings. The molecule has 0 spiro atoms. The van der Waals surface area contributed by atoms with Crippen molar-refractivity contribution in [2.45, 2.75) is 38.7 Å². The quantitative estimate of drug-likeness (QED) is 0.763. The number of anilines is 1. The highest BCUT2D eigenvalue weighted by Gasteiger charge is 2.19. The molecular formula is C21H28N2O3. The molecule has 0 aliphatic carbocycles. The third-order valence-corrected chi connectivity index (χ3v) is 3.89. The van der Waals surface area contributed by atoms with E-state index in [0.29, 0.717) is 6.54 Å². The van der Waals surface area contributed by atoms with Gasteiger partial charge in [0.25, 0.3) is 0 Å². The number of nitrogen functional groups attached to an aromatic ring is 1. The van der Waals surface area contributed by atoms with E-state index < -0.39 is 11.7 Å². The van der Waals surface area contributed by atoms with E-state index in [4.69, 9.17) is 15.2 Å². The fraction of sp³-hybridized carbons (Fsp3) is 0.381. The molecule has 0 aliphatic rings. The number of carbonyl (C=O) groups is 1. The Morgan fingerprint density at radius 3 is 2.54 bits per heavy atom. The standard InChI is InChI=1S/C21H28N2O3/c1-21(2,3)26-20(24)23-14-17(11-15-7-5-9-18(22)12-15)16-8-6-10-19(13-16)25-4/h5-10,12-13,17H,11,14,22H2,1-4H3,(H,23,24). The second-order valence-corrected chi connectivity index (χ2v) is 7.31. The number of ether oxygens (including phenoxy) is 2. The van der Waals surface area contributed by atoms with Gasteiger partial charge in [-0.1, -0.05) is 24.3 Å². The summed E-state index contributed by atoms with van der Waals surface area (Å²) in [5.41, 5.74) is 8.31. The Bertz CT molecular complexity index is 738. The first-order valence-electron chi connectivity index (χ1n) is 8.72. The van der Waals surface area contributed by atoms with E-state index in [9.17, 15) is 4.79 Å². The lowest BCUT2D eigenvalue weighted by molar-refractivity contribution is 0.0524. The number of carbonyl (C=O) groups excluding carboxylic acids is 1. The highest BCUT2D eigenvalue weighted by molar-refractivity contribution is 5.67. The van der Waals surface area contributed by atoms with Gasteiger partial charge in [0, 0.05) is 18.2 Å². The topological polar surface area (TPSA) is 73.6 Å². The molecule has 0 saturated carbocycles. The molecule has 5 heteroatoms. The van der Waals surface area contributed by atoms with Crippen LogP contribution in [0.25, 0.3) is 0 Å². The number of amides is 1. The Morgan fingerprint density at radius 1 is 1.15 bits per heavy atom. The first kappa shape index (κ1) is 19.6. The van der Waals surface area contributed by atoms with Crippen molar-refractivity contribution in [3.63, 3.8) is 0 Å². The molecule has 2 rings (SSSR count). The minimum atomic E-state index is -0.524. The fourth-order valence-corrected chi connectivity index (χ4v) is 2.73. The molecule has 5 nitrogen and oxygen atoms in total. The van der Waals surface area contributed by atoms with Crippen molar-refractivity contribution >= 4 is 11.8 Å². The molecule has 0 aromatic heterocycles. The van der Waals surface area contributed by atoms with Gasteiger partial charge in [0.15, 0.2) is 0 Å². The first-order chi connectivity index (χ1) is 12.3. The summed E-state index contributed by atoms with van der Waals surface area (Å²) in [6.45, 7) is 5.99. The maximum atomic E-state index is 12.0. The van der Waals surface area contributed by atoms with Crippen LogP contribution in [0.15, 0.2) is 48.5 Å². The molecule has 0 aliphatic heterocycles. The van der Waals surface area contributed by atoms with Gasteiger partial charge in [0.2, 0.25) is 0 Å². The molecule has 26 heavy (non-hydrogen) atoms. The summed E-state index contributed by atoms with van der Waals surface area (Å²) in [6, 6.07) is 15.7. The average molecular weight is 356 g/mol. The fourth-order valence-electron chi connectivity index (χ4n) is 2.73. The summed E-state index contributed by atoms with van der Waals surface area (Å²) in [5.74, 6) is 0.858. The van der Waals surface area contributed by atoms with E-state index in [1.165, 1.54) is 0 Å². The highest BCUT2D eigenvalue weighted by Crippen LogP contribution is 2.25. The number of nitrogens with two attached hydrogens (primary N) is 1. The third kappa shape index (κ3) is 6.31. The van der Waals surface area contributed by atoms with E-state index >= 15 is 0 Å². The number of hydrogen-bond acceptors (Lipinski definition) is 4. The summed E-state index contributed by atoms with van der Waals surface area (Å²) >= 11 is 0. The lowest BCUT2D eigenvalue weighted by Crippen LogP contribution is -2.35. The minimum absolute atomic E-state index is 0.0689. The normalized spacial score (nSPS) is 12.3. The van der Waals surface area contributed by atoms with Crippen LogP contribution in [-0.4, -0.2) is 25.3 Å². The summed E-state index contributed by atoms with van der Waals surface area (Å²) in [5, 5.41) is 2.88. The molecule has 1 unspecified atom stereocenters. The van der Waals surface area contributed by atoms with Crippen LogP contribution in [0.3, 0.4) is 0 Å². The molecule has 0 radical (unpaired) electrons. The lowest BCUT2D eigenvalue weighted by atomic mass is 9.91. The second kappa shape index (κ2) is 8.61. The molecule has 0 saturated heterocycles. The average Bonchev–Trinajstić information content (AvgIpc) is 2.57. The maximum Gasteiger partial charge on any atom is 0.407 e. The van der Waals surface area contributed by atoms with Crippen LogP contribution in [0.1, 0.15) is 37.8 Å². The summed E-state index contributed by atoms with van der Waals surface area (Å²) in [4.78, 5) is 12.0. The first-order valence-corrected chi connectivity index (χ1v) is 8.72. The third-order valence-electron chi connectivity index (χ3n) is 3.89. The molecule has 0 bridgehead atoms. The van der Waals surface area contributed by atoms with Gasteiger partial charge >= 0.3 is 6.09 Å². The zero-order valence-electron chi connectivity index (χ0n) is 15.9. The monoisotopic (exact) mass is 356 g/mol. The number of rotatable bonds is 6. The predicted octanol–water partition coefficient (Wildman–Crippen LogP) is 4.13. The molecular weight excluding hydrogens is 328 g/mol. The number of hydrogen-bond donors (Lipinski definition) is 2. The van der Waals surface area contributed by atoms with E-state index in [1.807, 2.05) is 69.3 Å². The molecule has 2 aromatic carbocycles.